The van der Waals surface area contributed by atoms with Crippen molar-refractivity contribution in [2.45, 2.75) is 38.1 Å². The van der Waals surface area contributed by atoms with Crippen LogP contribution in [-0.2, 0) is 14.4 Å². The summed E-state index contributed by atoms with van der Waals surface area (Å²) in [6, 6.07) is 4.90. The lowest BCUT2D eigenvalue weighted by Crippen LogP contribution is -2.44. The number of carbonyl (C=O) groups excluding carboxylic acids is 3. The largest absolute Gasteiger partial charge is 0.324 e. The normalized spacial score (nSPS) is 40.0. The molecular weight excluding hydrogens is 435 g/mol. The minimum absolute atomic E-state index is 0.0401. The quantitative estimate of drug-likeness (QED) is 0.533. The maximum atomic E-state index is 13.3. The third-order valence-electron chi connectivity index (χ3n) is 8.32. The van der Waals surface area contributed by atoms with E-state index in [0.717, 1.165) is 0 Å². The molecule has 2 bridgehead atoms. The van der Waals surface area contributed by atoms with Crippen LogP contribution in [0.3, 0.4) is 0 Å². The average molecular weight is 459 g/mol. The molecule has 1 aromatic rings. The lowest BCUT2D eigenvalue weighted by Gasteiger charge is -2.37. The molecule has 7 rings (SSSR count). The molecule has 4 fully saturated rings. The summed E-state index contributed by atoms with van der Waals surface area (Å²) < 4.78 is 0. The van der Waals surface area contributed by atoms with E-state index in [1.807, 2.05) is 0 Å². The van der Waals surface area contributed by atoms with Gasteiger partial charge in [-0.15, -0.1) is 0 Å². The molecule has 0 radical (unpaired) electrons. The predicted octanol–water partition coefficient (Wildman–Crippen LogP) is 4.54. The van der Waals surface area contributed by atoms with Gasteiger partial charge in [0.2, 0.25) is 17.7 Å². The zero-order valence-electron chi connectivity index (χ0n) is 17.0. The fourth-order valence-corrected chi connectivity index (χ4v) is 7.10. The Bertz CT molecular complexity index is 980. The van der Waals surface area contributed by atoms with E-state index in [1.54, 1.807) is 23.1 Å². The summed E-state index contributed by atoms with van der Waals surface area (Å²) in [7, 11) is 0. The summed E-state index contributed by atoms with van der Waals surface area (Å²) in [6.45, 7) is 0. The molecule has 5 aliphatic carbocycles. The molecule has 1 heterocycles. The van der Waals surface area contributed by atoms with Crippen LogP contribution in [0.15, 0.2) is 30.4 Å². The number of nitrogens with one attached hydrogen (secondary N) is 1. The monoisotopic (exact) mass is 458 g/mol. The summed E-state index contributed by atoms with van der Waals surface area (Å²) in [6.07, 6.45) is 8.23. The van der Waals surface area contributed by atoms with Crippen molar-refractivity contribution in [1.29, 1.82) is 0 Å². The smallest absolute Gasteiger partial charge is 0.233 e. The number of rotatable bonds is 3. The van der Waals surface area contributed by atoms with Crippen molar-refractivity contribution in [1.82, 2.24) is 4.90 Å². The second-order valence-electron chi connectivity index (χ2n) is 9.82. The molecule has 1 saturated heterocycles. The molecule has 3 amide bonds. The predicted molar refractivity (Wildman–Crippen MR) is 117 cm³/mol. The second-order valence-corrected chi connectivity index (χ2v) is 10.7. The second kappa shape index (κ2) is 7.08. The van der Waals surface area contributed by atoms with Gasteiger partial charge >= 0.3 is 0 Å². The summed E-state index contributed by atoms with van der Waals surface area (Å²) in [5, 5.41) is 3.84. The van der Waals surface area contributed by atoms with Gasteiger partial charge in [0, 0.05) is 17.0 Å². The Labute approximate surface area is 191 Å². The van der Waals surface area contributed by atoms with Crippen LogP contribution in [0.5, 0.6) is 0 Å². The zero-order valence-corrected chi connectivity index (χ0v) is 18.5. The van der Waals surface area contributed by atoms with Gasteiger partial charge in [-0.05, 0) is 74.0 Å². The summed E-state index contributed by atoms with van der Waals surface area (Å²) in [4.78, 5) is 40.9. The van der Waals surface area contributed by atoms with Crippen LogP contribution < -0.4 is 5.32 Å². The Morgan fingerprint density at radius 3 is 2.16 bits per heavy atom. The minimum atomic E-state index is -0.160. The highest BCUT2D eigenvalue weighted by Crippen LogP contribution is 2.65. The van der Waals surface area contributed by atoms with Gasteiger partial charge in [0.1, 0.15) is 0 Å². The molecule has 7 heteroatoms. The van der Waals surface area contributed by atoms with Crippen molar-refractivity contribution in [2.75, 3.05) is 5.32 Å². The number of benzene rings is 1. The molecular formula is C24H24Cl2N2O3. The van der Waals surface area contributed by atoms with Crippen LogP contribution in [0.4, 0.5) is 5.69 Å². The van der Waals surface area contributed by atoms with E-state index in [-0.39, 0.29) is 53.4 Å². The first-order valence-electron chi connectivity index (χ1n) is 11.2. The molecule has 1 aromatic carbocycles. The number of amides is 3. The standard InChI is InChI=1S/C24H24Cl2N2O3/c25-12-3-8-18(26)19(9-12)27-22(29)11-1-4-13(5-2-11)28-23(30)20-14-6-7-15(17-10-16(14)17)21(20)24(28)31/h3,6-9,11,13-17,20-21H,1-2,4-5,10H2,(H,27,29)/t11?,13?,14-,15-,16-,17+,20-,21+/m0/s1. The highest BCUT2D eigenvalue weighted by Gasteiger charge is 2.67. The molecule has 0 aromatic heterocycles. The van der Waals surface area contributed by atoms with Crippen molar-refractivity contribution in [3.8, 4) is 0 Å². The van der Waals surface area contributed by atoms with Crippen molar-refractivity contribution in [3.63, 3.8) is 0 Å². The molecule has 5 nitrogen and oxygen atoms in total. The Hall–Kier alpha value is -1.85. The number of allylic oxidation sites excluding steroid dienone is 2. The summed E-state index contributed by atoms with van der Waals surface area (Å²) in [5.41, 5.74) is 0.511. The topological polar surface area (TPSA) is 66.5 Å². The maximum Gasteiger partial charge on any atom is 0.233 e. The lowest BCUT2D eigenvalue weighted by molar-refractivity contribution is -0.144. The molecule has 162 valence electrons. The van der Waals surface area contributed by atoms with E-state index in [9.17, 15) is 14.4 Å². The highest BCUT2D eigenvalue weighted by molar-refractivity contribution is 6.35. The first-order chi connectivity index (χ1) is 14.9. The van der Waals surface area contributed by atoms with Gasteiger partial charge in [-0.1, -0.05) is 35.4 Å². The fraction of sp³-hybridized carbons (Fsp3) is 0.542. The Morgan fingerprint density at radius 2 is 1.55 bits per heavy atom. The third kappa shape index (κ3) is 3.00. The molecule has 1 aliphatic heterocycles. The van der Waals surface area contributed by atoms with Crippen molar-refractivity contribution in [3.05, 3.63) is 40.4 Å². The van der Waals surface area contributed by atoms with Crippen LogP contribution >= 0.6 is 23.2 Å². The van der Waals surface area contributed by atoms with Gasteiger partial charge in [0.05, 0.1) is 22.5 Å². The van der Waals surface area contributed by atoms with E-state index in [2.05, 4.69) is 17.5 Å². The molecule has 6 aliphatic rings. The number of nitrogens with zero attached hydrogens (tertiary/aromatic N) is 1. The molecule has 31 heavy (non-hydrogen) atoms. The van der Waals surface area contributed by atoms with Gasteiger partial charge in [-0.25, -0.2) is 0 Å². The number of halogens is 2. The average Bonchev–Trinajstić information content (AvgIpc) is 3.54. The Morgan fingerprint density at radius 1 is 0.935 bits per heavy atom. The zero-order chi connectivity index (χ0) is 21.4. The van der Waals surface area contributed by atoms with Gasteiger partial charge in [-0.3, -0.25) is 19.3 Å². The van der Waals surface area contributed by atoms with Crippen LogP contribution in [-0.4, -0.2) is 28.7 Å². The summed E-state index contributed by atoms with van der Waals surface area (Å²) in [5.74, 6) is 1.30. The van der Waals surface area contributed by atoms with Crippen LogP contribution in [0.25, 0.3) is 0 Å². The maximum absolute atomic E-state index is 13.3. The first-order valence-corrected chi connectivity index (χ1v) is 12.0. The SMILES string of the molecule is O=C(Nc1cc(Cl)ccc1Cl)C1CCC(N2C(=O)[C@@H]3[C@H]4C=C[C@@H]([C@@H]5C[C@H]45)[C@@H]3C2=O)CC1. The van der Waals surface area contributed by atoms with Crippen molar-refractivity contribution >= 4 is 46.6 Å². The van der Waals surface area contributed by atoms with E-state index in [1.165, 1.54) is 6.42 Å². The summed E-state index contributed by atoms with van der Waals surface area (Å²) >= 11 is 12.2. The number of imide groups is 1. The number of anilines is 1. The number of likely N-dealkylation sites (tertiary alicyclic amines) is 1. The Balaban J connectivity index is 1.12. The van der Waals surface area contributed by atoms with Gasteiger partial charge < -0.3 is 5.32 Å². The lowest BCUT2D eigenvalue weighted by atomic mass is 9.63. The van der Waals surface area contributed by atoms with Gasteiger partial charge in [0.25, 0.3) is 0 Å². The van der Waals surface area contributed by atoms with E-state index in [0.29, 0.717) is 53.3 Å². The van der Waals surface area contributed by atoms with E-state index < -0.39 is 0 Å². The minimum Gasteiger partial charge on any atom is -0.324 e. The van der Waals surface area contributed by atoms with Crippen LogP contribution in [0, 0.1) is 41.4 Å². The van der Waals surface area contributed by atoms with Crippen molar-refractivity contribution in [2.24, 2.45) is 41.4 Å². The molecule has 0 spiro atoms. The molecule has 6 atom stereocenters. The molecule has 3 saturated carbocycles. The number of carbonyl (C=O) groups is 3. The van der Waals surface area contributed by atoms with Gasteiger partial charge in [-0.2, -0.15) is 0 Å². The highest BCUT2D eigenvalue weighted by atomic mass is 35.5. The fourth-order valence-electron chi connectivity index (χ4n) is 6.76. The number of hydrogen-bond acceptors (Lipinski definition) is 3. The third-order valence-corrected chi connectivity index (χ3v) is 8.88. The first kappa shape index (κ1) is 19.8. The van der Waals surface area contributed by atoms with Crippen LogP contribution in [0.1, 0.15) is 32.1 Å². The van der Waals surface area contributed by atoms with E-state index in [4.69, 9.17) is 23.2 Å². The molecule has 1 N–H and O–H groups in total. The van der Waals surface area contributed by atoms with E-state index >= 15 is 0 Å². The van der Waals surface area contributed by atoms with Crippen LogP contribution in [0.2, 0.25) is 10.0 Å². The Kier molecular flexibility index (Phi) is 4.52. The molecule has 0 unspecified atom stereocenters. The van der Waals surface area contributed by atoms with Crippen molar-refractivity contribution < 1.29 is 14.4 Å². The van der Waals surface area contributed by atoms with Gasteiger partial charge in [0.15, 0.2) is 0 Å². The number of hydrogen-bond donors (Lipinski definition) is 1.